The summed E-state index contributed by atoms with van der Waals surface area (Å²) in [6.07, 6.45) is 0.894. The molecular formula is C15H17ClN2O3. The van der Waals surface area contributed by atoms with E-state index in [2.05, 4.69) is 10.5 Å². The number of amides is 1. The van der Waals surface area contributed by atoms with E-state index in [1.807, 2.05) is 24.3 Å². The van der Waals surface area contributed by atoms with E-state index in [1.165, 1.54) is 0 Å². The van der Waals surface area contributed by atoms with Gasteiger partial charge in [0, 0.05) is 12.1 Å². The van der Waals surface area contributed by atoms with Crippen molar-refractivity contribution in [3.8, 4) is 0 Å². The van der Waals surface area contributed by atoms with Crippen molar-refractivity contribution < 1.29 is 14.4 Å². The lowest BCUT2D eigenvalue weighted by molar-refractivity contribution is -0.120. The van der Waals surface area contributed by atoms with Gasteiger partial charge in [-0.3, -0.25) is 4.79 Å². The molecule has 1 aromatic carbocycles. The zero-order valence-corrected chi connectivity index (χ0v) is 12.5. The van der Waals surface area contributed by atoms with Gasteiger partial charge < -0.3 is 14.9 Å². The highest BCUT2D eigenvalue weighted by Crippen LogP contribution is 2.19. The summed E-state index contributed by atoms with van der Waals surface area (Å²) in [6, 6.07) is 7.63. The summed E-state index contributed by atoms with van der Waals surface area (Å²) < 4.78 is 4.81. The Bertz CT molecular complexity index is 588. The van der Waals surface area contributed by atoms with Crippen molar-refractivity contribution in [2.45, 2.75) is 26.4 Å². The molecule has 0 saturated heterocycles. The highest BCUT2D eigenvalue weighted by Gasteiger charge is 2.14. The van der Waals surface area contributed by atoms with Gasteiger partial charge in [0.1, 0.15) is 0 Å². The summed E-state index contributed by atoms with van der Waals surface area (Å²) in [6.45, 7) is 2.33. The molecular weight excluding hydrogens is 292 g/mol. The van der Waals surface area contributed by atoms with E-state index in [0.29, 0.717) is 17.8 Å². The smallest absolute Gasteiger partial charge is 0.229 e. The van der Waals surface area contributed by atoms with Crippen LogP contribution in [-0.4, -0.2) is 22.7 Å². The molecule has 2 N–H and O–H groups in total. The number of aliphatic hydroxyl groups is 1. The third-order valence-corrected chi connectivity index (χ3v) is 3.51. The molecule has 6 heteroatoms. The molecule has 5 nitrogen and oxygen atoms in total. The second-order valence-corrected chi connectivity index (χ2v) is 5.11. The summed E-state index contributed by atoms with van der Waals surface area (Å²) in [5, 5.41) is 15.7. The third-order valence-electron chi connectivity index (χ3n) is 3.22. The molecule has 0 aliphatic rings. The van der Waals surface area contributed by atoms with Crippen LogP contribution in [0.5, 0.6) is 0 Å². The van der Waals surface area contributed by atoms with E-state index in [4.69, 9.17) is 21.2 Å². The van der Waals surface area contributed by atoms with Crippen LogP contribution in [0.3, 0.4) is 0 Å². The summed E-state index contributed by atoms with van der Waals surface area (Å²) in [5.41, 5.74) is 3.24. The van der Waals surface area contributed by atoms with E-state index in [1.54, 1.807) is 6.92 Å². The molecule has 0 aliphatic heterocycles. The Morgan fingerprint density at radius 1 is 1.33 bits per heavy atom. The van der Waals surface area contributed by atoms with Crippen LogP contribution >= 0.6 is 11.6 Å². The fourth-order valence-corrected chi connectivity index (χ4v) is 2.18. The zero-order valence-electron chi connectivity index (χ0n) is 11.7. The number of aliphatic hydroxyl groups excluding tert-OH is 1. The van der Waals surface area contributed by atoms with Gasteiger partial charge in [-0.15, -0.1) is 0 Å². The molecule has 0 atom stereocenters. The van der Waals surface area contributed by atoms with Crippen molar-refractivity contribution in [1.29, 1.82) is 0 Å². The average molecular weight is 309 g/mol. The normalized spacial score (nSPS) is 10.6. The third kappa shape index (κ3) is 4.31. The first-order valence-corrected chi connectivity index (χ1v) is 7.04. The van der Waals surface area contributed by atoms with E-state index in [0.717, 1.165) is 17.5 Å². The molecule has 0 aliphatic carbocycles. The van der Waals surface area contributed by atoms with E-state index >= 15 is 0 Å². The van der Waals surface area contributed by atoms with Gasteiger partial charge in [0.25, 0.3) is 0 Å². The molecule has 0 fully saturated rings. The van der Waals surface area contributed by atoms with Crippen molar-refractivity contribution in [3.63, 3.8) is 0 Å². The number of benzene rings is 1. The van der Waals surface area contributed by atoms with Gasteiger partial charge in [-0.2, -0.15) is 0 Å². The van der Waals surface area contributed by atoms with Crippen LogP contribution in [-0.2, 0) is 24.2 Å². The monoisotopic (exact) mass is 308 g/mol. The van der Waals surface area contributed by atoms with Crippen LogP contribution in [0.1, 0.15) is 22.4 Å². The first-order valence-electron chi connectivity index (χ1n) is 6.66. The number of carbonyl (C=O) groups excluding carboxylic acids is 1. The van der Waals surface area contributed by atoms with Crippen LogP contribution < -0.4 is 5.32 Å². The van der Waals surface area contributed by atoms with Gasteiger partial charge in [0.05, 0.1) is 18.7 Å². The number of rotatable bonds is 6. The Hall–Kier alpha value is -1.85. The van der Waals surface area contributed by atoms with Crippen LogP contribution in [0, 0.1) is 6.92 Å². The Morgan fingerprint density at radius 2 is 2.00 bits per heavy atom. The molecule has 0 spiro atoms. The highest BCUT2D eigenvalue weighted by molar-refractivity contribution is 6.29. The lowest BCUT2D eigenvalue weighted by Gasteiger charge is -2.05. The lowest BCUT2D eigenvalue weighted by Crippen LogP contribution is -2.27. The van der Waals surface area contributed by atoms with Gasteiger partial charge in [0.15, 0.2) is 0 Å². The van der Waals surface area contributed by atoms with Crippen molar-refractivity contribution in [1.82, 2.24) is 10.5 Å². The quantitative estimate of drug-likeness (QED) is 0.856. The second-order valence-electron chi connectivity index (χ2n) is 4.77. The predicted octanol–water partition coefficient (Wildman–Crippen LogP) is 2.03. The molecule has 1 aromatic heterocycles. The Morgan fingerprint density at radius 3 is 2.57 bits per heavy atom. The summed E-state index contributed by atoms with van der Waals surface area (Å²) in [5.74, 6) is -0.116. The number of nitrogens with zero attached hydrogens (tertiary/aromatic N) is 1. The van der Waals surface area contributed by atoms with Crippen LogP contribution in [0.2, 0.25) is 5.22 Å². The maximum atomic E-state index is 11.8. The molecule has 1 heterocycles. The number of hydrogen-bond acceptors (Lipinski definition) is 4. The number of aromatic nitrogens is 1. The van der Waals surface area contributed by atoms with Crippen molar-refractivity contribution in [2.24, 2.45) is 0 Å². The number of carbonyl (C=O) groups is 1. The van der Waals surface area contributed by atoms with Gasteiger partial charge in [-0.05, 0) is 36.1 Å². The van der Waals surface area contributed by atoms with E-state index in [-0.39, 0.29) is 24.2 Å². The van der Waals surface area contributed by atoms with Crippen molar-refractivity contribution in [3.05, 3.63) is 51.9 Å². The first kappa shape index (κ1) is 15.5. The summed E-state index contributed by atoms with van der Waals surface area (Å²) in [4.78, 5) is 11.8. The maximum Gasteiger partial charge on any atom is 0.229 e. The Kier molecular flexibility index (Phi) is 5.36. The largest absolute Gasteiger partial charge is 0.392 e. The van der Waals surface area contributed by atoms with E-state index < -0.39 is 0 Å². The minimum Gasteiger partial charge on any atom is -0.392 e. The minimum atomic E-state index is -0.116. The molecule has 0 radical (unpaired) electrons. The molecule has 1 amide bonds. The second kappa shape index (κ2) is 7.24. The van der Waals surface area contributed by atoms with Gasteiger partial charge in [0.2, 0.25) is 11.1 Å². The molecule has 0 bridgehead atoms. The molecule has 112 valence electrons. The Balaban J connectivity index is 1.79. The Labute approximate surface area is 127 Å². The van der Waals surface area contributed by atoms with Gasteiger partial charge in [-0.25, -0.2) is 0 Å². The maximum absolute atomic E-state index is 11.8. The number of nitrogens with one attached hydrogen (secondary N) is 1. The van der Waals surface area contributed by atoms with Crippen LogP contribution in [0.4, 0.5) is 0 Å². The number of halogens is 1. The van der Waals surface area contributed by atoms with Gasteiger partial charge in [-0.1, -0.05) is 29.4 Å². The summed E-state index contributed by atoms with van der Waals surface area (Å²) in [7, 11) is 0. The molecule has 2 rings (SSSR count). The zero-order chi connectivity index (χ0) is 15.2. The lowest BCUT2D eigenvalue weighted by atomic mass is 10.1. The minimum absolute atomic E-state index is 0.0376. The SMILES string of the molecule is Cc1noc(Cl)c1CC(=O)NCCc1ccc(CO)cc1. The number of aryl methyl sites for hydroxylation is 1. The molecule has 2 aromatic rings. The first-order chi connectivity index (χ1) is 10.1. The van der Waals surface area contributed by atoms with Crippen LogP contribution in [0.15, 0.2) is 28.8 Å². The average Bonchev–Trinajstić information content (AvgIpc) is 2.80. The molecule has 0 unspecified atom stereocenters. The topological polar surface area (TPSA) is 75.4 Å². The summed E-state index contributed by atoms with van der Waals surface area (Å²) >= 11 is 5.82. The van der Waals surface area contributed by atoms with Gasteiger partial charge >= 0.3 is 0 Å². The number of hydrogen-bond donors (Lipinski definition) is 2. The molecule has 0 saturated carbocycles. The van der Waals surface area contributed by atoms with Crippen molar-refractivity contribution in [2.75, 3.05) is 6.54 Å². The standard InChI is InChI=1S/C15H17ClN2O3/c1-10-13(15(16)21-18-10)8-14(20)17-7-6-11-2-4-12(9-19)5-3-11/h2-5,19H,6-9H2,1H3,(H,17,20). The molecule has 21 heavy (non-hydrogen) atoms. The fraction of sp³-hybridized carbons (Fsp3) is 0.333. The van der Waals surface area contributed by atoms with Crippen molar-refractivity contribution >= 4 is 17.5 Å². The fourth-order valence-electron chi connectivity index (χ4n) is 1.94. The predicted molar refractivity (Wildman–Crippen MR) is 79.0 cm³/mol. The van der Waals surface area contributed by atoms with E-state index in [9.17, 15) is 4.79 Å². The highest BCUT2D eigenvalue weighted by atomic mass is 35.5. The van der Waals surface area contributed by atoms with Crippen LogP contribution in [0.25, 0.3) is 0 Å².